The van der Waals surface area contributed by atoms with E-state index in [4.69, 9.17) is 17.3 Å². The second-order valence-electron chi connectivity index (χ2n) is 5.32. The molecule has 104 valence electrons. The average molecular weight is 281 g/mol. The van der Waals surface area contributed by atoms with Crippen molar-refractivity contribution in [2.45, 2.75) is 38.6 Å². The molecule has 1 aliphatic rings. The van der Waals surface area contributed by atoms with E-state index in [1.54, 1.807) is 12.1 Å². The lowest BCUT2D eigenvalue weighted by atomic mass is 9.97. The first kappa shape index (κ1) is 14.4. The van der Waals surface area contributed by atoms with E-state index in [1.807, 2.05) is 13.0 Å². The molecule has 1 amide bonds. The van der Waals surface area contributed by atoms with E-state index < -0.39 is 0 Å². The van der Waals surface area contributed by atoms with Crippen LogP contribution in [0.25, 0.3) is 0 Å². The van der Waals surface area contributed by atoms with Gasteiger partial charge in [-0.3, -0.25) is 4.79 Å². The van der Waals surface area contributed by atoms with E-state index in [2.05, 4.69) is 5.32 Å². The largest absolute Gasteiger partial charge is 0.348 e. The summed E-state index contributed by atoms with van der Waals surface area (Å²) in [7, 11) is 0. The first-order valence-corrected chi connectivity index (χ1v) is 7.26. The summed E-state index contributed by atoms with van der Waals surface area (Å²) in [4.78, 5) is 12.2. The molecule has 0 bridgehead atoms. The molecule has 1 aromatic carbocycles. The van der Waals surface area contributed by atoms with Gasteiger partial charge in [-0.1, -0.05) is 24.4 Å². The van der Waals surface area contributed by atoms with Gasteiger partial charge in [0.15, 0.2) is 0 Å². The van der Waals surface area contributed by atoms with E-state index in [0.717, 1.165) is 5.56 Å². The van der Waals surface area contributed by atoms with Crippen molar-refractivity contribution in [3.8, 4) is 0 Å². The summed E-state index contributed by atoms with van der Waals surface area (Å²) in [6, 6.07) is 5.43. The number of nitrogens with two attached hydrogens (primary N) is 1. The van der Waals surface area contributed by atoms with Crippen LogP contribution >= 0.6 is 11.6 Å². The van der Waals surface area contributed by atoms with Crippen LogP contribution in [0.15, 0.2) is 18.2 Å². The number of carbonyl (C=O) groups excluding carboxylic acids is 1. The maximum atomic E-state index is 12.2. The number of carbonyl (C=O) groups is 1. The SMILES string of the molecule is Cc1cc(C(=O)NC(CN)C2CCCC2)ccc1Cl. The van der Waals surface area contributed by atoms with Gasteiger partial charge in [0.25, 0.3) is 5.91 Å². The summed E-state index contributed by atoms with van der Waals surface area (Å²) in [5, 5.41) is 3.75. The maximum Gasteiger partial charge on any atom is 0.251 e. The van der Waals surface area contributed by atoms with Crippen molar-refractivity contribution in [3.05, 3.63) is 34.3 Å². The van der Waals surface area contributed by atoms with Gasteiger partial charge in [0.2, 0.25) is 0 Å². The predicted molar refractivity (Wildman–Crippen MR) is 78.5 cm³/mol. The third kappa shape index (κ3) is 3.48. The Labute approximate surface area is 119 Å². The van der Waals surface area contributed by atoms with Gasteiger partial charge in [-0.15, -0.1) is 0 Å². The van der Waals surface area contributed by atoms with Gasteiger partial charge in [0, 0.05) is 23.2 Å². The highest BCUT2D eigenvalue weighted by molar-refractivity contribution is 6.31. The van der Waals surface area contributed by atoms with Gasteiger partial charge < -0.3 is 11.1 Å². The maximum absolute atomic E-state index is 12.2. The lowest BCUT2D eigenvalue weighted by Gasteiger charge is -2.23. The highest BCUT2D eigenvalue weighted by Gasteiger charge is 2.25. The Balaban J connectivity index is 2.04. The van der Waals surface area contributed by atoms with Crippen molar-refractivity contribution in [2.75, 3.05) is 6.54 Å². The Bertz CT molecular complexity index is 455. The monoisotopic (exact) mass is 280 g/mol. The highest BCUT2D eigenvalue weighted by Crippen LogP contribution is 2.27. The molecule has 1 saturated carbocycles. The summed E-state index contributed by atoms with van der Waals surface area (Å²) in [6.45, 7) is 2.40. The van der Waals surface area contributed by atoms with Gasteiger partial charge in [0.05, 0.1) is 0 Å². The molecular weight excluding hydrogens is 260 g/mol. The minimum absolute atomic E-state index is 0.0536. The Morgan fingerprint density at radius 1 is 1.47 bits per heavy atom. The normalized spacial score (nSPS) is 17.4. The fourth-order valence-electron chi connectivity index (χ4n) is 2.77. The van der Waals surface area contributed by atoms with Crippen molar-refractivity contribution in [1.82, 2.24) is 5.32 Å². The molecule has 1 aliphatic carbocycles. The van der Waals surface area contributed by atoms with Gasteiger partial charge in [0.1, 0.15) is 0 Å². The number of nitrogens with one attached hydrogen (secondary N) is 1. The van der Waals surface area contributed by atoms with Crippen molar-refractivity contribution in [3.63, 3.8) is 0 Å². The minimum Gasteiger partial charge on any atom is -0.348 e. The molecule has 4 heteroatoms. The predicted octanol–water partition coefficient (Wildman–Crippen LogP) is 2.90. The minimum atomic E-state index is -0.0536. The quantitative estimate of drug-likeness (QED) is 0.891. The second-order valence-corrected chi connectivity index (χ2v) is 5.73. The molecule has 0 aromatic heterocycles. The van der Waals surface area contributed by atoms with Crippen LogP contribution in [-0.2, 0) is 0 Å². The number of benzene rings is 1. The second kappa shape index (κ2) is 6.40. The topological polar surface area (TPSA) is 55.1 Å². The first-order valence-electron chi connectivity index (χ1n) is 6.89. The van der Waals surface area contributed by atoms with Crippen molar-refractivity contribution >= 4 is 17.5 Å². The van der Waals surface area contributed by atoms with E-state index >= 15 is 0 Å². The fourth-order valence-corrected chi connectivity index (χ4v) is 2.88. The van der Waals surface area contributed by atoms with Crippen LogP contribution in [0.1, 0.15) is 41.6 Å². The van der Waals surface area contributed by atoms with E-state index in [9.17, 15) is 4.79 Å². The number of halogens is 1. The molecule has 1 unspecified atom stereocenters. The molecule has 19 heavy (non-hydrogen) atoms. The van der Waals surface area contributed by atoms with Crippen LogP contribution in [0.5, 0.6) is 0 Å². The lowest BCUT2D eigenvalue weighted by Crippen LogP contribution is -2.44. The molecule has 0 heterocycles. The standard InChI is InChI=1S/C15H21ClN2O/c1-10-8-12(6-7-13(10)16)15(19)18-14(9-17)11-4-2-3-5-11/h6-8,11,14H,2-5,9,17H2,1H3,(H,18,19). The molecule has 0 saturated heterocycles. The Morgan fingerprint density at radius 3 is 2.74 bits per heavy atom. The third-order valence-corrected chi connectivity index (χ3v) is 4.38. The number of hydrogen-bond acceptors (Lipinski definition) is 2. The van der Waals surface area contributed by atoms with Gasteiger partial charge in [-0.25, -0.2) is 0 Å². The zero-order chi connectivity index (χ0) is 13.8. The third-order valence-electron chi connectivity index (χ3n) is 3.96. The van der Waals surface area contributed by atoms with Crippen molar-refractivity contribution in [2.24, 2.45) is 11.7 Å². The smallest absolute Gasteiger partial charge is 0.251 e. The van der Waals surface area contributed by atoms with Gasteiger partial charge in [-0.05, 0) is 49.4 Å². The van der Waals surface area contributed by atoms with Crippen LogP contribution in [0, 0.1) is 12.8 Å². The molecule has 3 nitrogen and oxygen atoms in total. The summed E-state index contributed by atoms with van der Waals surface area (Å²) >= 11 is 5.97. The molecule has 0 aliphatic heterocycles. The lowest BCUT2D eigenvalue weighted by molar-refractivity contribution is 0.0924. The Hall–Kier alpha value is -1.06. The molecule has 0 radical (unpaired) electrons. The summed E-state index contributed by atoms with van der Waals surface area (Å²) in [5.41, 5.74) is 7.36. The van der Waals surface area contributed by atoms with Crippen molar-refractivity contribution in [1.29, 1.82) is 0 Å². The van der Waals surface area contributed by atoms with Gasteiger partial charge >= 0.3 is 0 Å². The molecule has 1 aromatic rings. The first-order chi connectivity index (χ1) is 9.11. The molecule has 2 rings (SSSR count). The van der Waals surface area contributed by atoms with E-state index in [1.165, 1.54) is 25.7 Å². The highest BCUT2D eigenvalue weighted by atomic mass is 35.5. The molecule has 3 N–H and O–H groups in total. The summed E-state index contributed by atoms with van der Waals surface area (Å²) in [5.74, 6) is 0.476. The number of amides is 1. The van der Waals surface area contributed by atoms with Crippen LogP contribution < -0.4 is 11.1 Å². The Morgan fingerprint density at radius 2 is 2.16 bits per heavy atom. The molecular formula is C15H21ClN2O. The van der Waals surface area contributed by atoms with Crippen LogP contribution in [-0.4, -0.2) is 18.5 Å². The molecule has 1 fully saturated rings. The number of aryl methyl sites for hydroxylation is 1. The van der Waals surface area contributed by atoms with Crippen LogP contribution in [0.2, 0.25) is 5.02 Å². The molecule has 0 spiro atoms. The fraction of sp³-hybridized carbons (Fsp3) is 0.533. The van der Waals surface area contributed by atoms with Crippen LogP contribution in [0.3, 0.4) is 0 Å². The molecule has 1 atom stereocenters. The zero-order valence-corrected chi connectivity index (χ0v) is 12.0. The number of rotatable bonds is 4. The zero-order valence-electron chi connectivity index (χ0n) is 11.3. The Kier molecular flexibility index (Phi) is 4.83. The van der Waals surface area contributed by atoms with E-state index in [0.29, 0.717) is 23.0 Å². The van der Waals surface area contributed by atoms with E-state index in [-0.39, 0.29) is 11.9 Å². The summed E-state index contributed by atoms with van der Waals surface area (Å²) in [6.07, 6.45) is 4.83. The summed E-state index contributed by atoms with van der Waals surface area (Å²) < 4.78 is 0. The van der Waals surface area contributed by atoms with Crippen LogP contribution in [0.4, 0.5) is 0 Å². The number of hydrogen-bond donors (Lipinski definition) is 2. The van der Waals surface area contributed by atoms with Gasteiger partial charge in [-0.2, -0.15) is 0 Å². The average Bonchev–Trinajstić information content (AvgIpc) is 2.92. The van der Waals surface area contributed by atoms with Crippen molar-refractivity contribution < 1.29 is 4.79 Å².